The van der Waals surface area contributed by atoms with Gasteiger partial charge in [-0.3, -0.25) is 10.5 Å². The second kappa shape index (κ2) is 5.94. The van der Waals surface area contributed by atoms with Gasteiger partial charge in [0, 0.05) is 12.1 Å². The number of fused-ring (bicyclic) bond motifs is 1. The summed E-state index contributed by atoms with van der Waals surface area (Å²) in [6, 6.07) is 9.12. The number of amides is 1. The monoisotopic (exact) mass is 331 g/mol. The molecule has 2 aromatic carbocycles. The molecular formula is C18H19F2N3O. The molecule has 0 aliphatic carbocycles. The van der Waals surface area contributed by atoms with Gasteiger partial charge < -0.3 is 10.3 Å². The summed E-state index contributed by atoms with van der Waals surface area (Å²) in [5.41, 5.74) is 6.49. The second-order valence-corrected chi connectivity index (χ2v) is 6.42. The highest BCUT2D eigenvalue weighted by molar-refractivity contribution is 5.93. The van der Waals surface area contributed by atoms with Gasteiger partial charge in [0.1, 0.15) is 5.82 Å². The molecule has 0 radical (unpaired) electrons. The summed E-state index contributed by atoms with van der Waals surface area (Å²) in [6.45, 7) is 1.33. The number of likely N-dealkylation sites (tertiary alicyclic amines) is 1. The molecule has 1 amide bonds. The van der Waals surface area contributed by atoms with Crippen LogP contribution in [-0.2, 0) is 11.2 Å². The molecule has 1 aliphatic rings. The van der Waals surface area contributed by atoms with Gasteiger partial charge in [-0.25, -0.2) is 8.78 Å². The van der Waals surface area contributed by atoms with Crippen LogP contribution in [0.4, 0.5) is 8.78 Å². The maximum absolute atomic E-state index is 14.1. The van der Waals surface area contributed by atoms with Crippen LogP contribution in [-0.4, -0.2) is 34.9 Å². The van der Waals surface area contributed by atoms with E-state index in [9.17, 15) is 13.6 Å². The standard InChI is InChI=1S/C18H19F2N3O/c1-11(21)16-9-18(20,22)10-23(16)17(24)8-13-4-2-3-12-7-14(19)5-6-15(12)13/h2-7,16,21H,8-10,22H2,1H3. The first-order valence-electron chi connectivity index (χ1n) is 7.76. The Hall–Kier alpha value is -2.34. The van der Waals surface area contributed by atoms with Gasteiger partial charge in [-0.05, 0) is 35.4 Å². The number of alkyl halides is 1. The van der Waals surface area contributed by atoms with Crippen LogP contribution < -0.4 is 5.73 Å². The predicted molar refractivity (Wildman–Crippen MR) is 89.2 cm³/mol. The van der Waals surface area contributed by atoms with E-state index >= 15 is 0 Å². The Morgan fingerprint density at radius 2 is 2.17 bits per heavy atom. The number of nitrogens with zero attached hydrogens (tertiary/aromatic N) is 1. The lowest BCUT2D eigenvalue weighted by Gasteiger charge is -2.24. The molecule has 3 N–H and O–H groups in total. The van der Waals surface area contributed by atoms with Gasteiger partial charge in [0.25, 0.3) is 0 Å². The summed E-state index contributed by atoms with van der Waals surface area (Å²) in [7, 11) is 0. The van der Waals surface area contributed by atoms with E-state index in [1.54, 1.807) is 31.2 Å². The quantitative estimate of drug-likeness (QED) is 0.671. The topological polar surface area (TPSA) is 70.2 Å². The molecule has 6 heteroatoms. The summed E-state index contributed by atoms with van der Waals surface area (Å²) in [6.07, 6.45) is -0.00233. The van der Waals surface area contributed by atoms with E-state index in [-0.39, 0.29) is 36.8 Å². The first kappa shape index (κ1) is 16.5. The van der Waals surface area contributed by atoms with Gasteiger partial charge >= 0.3 is 0 Å². The van der Waals surface area contributed by atoms with Crippen molar-refractivity contribution in [2.75, 3.05) is 6.54 Å². The summed E-state index contributed by atoms with van der Waals surface area (Å²) in [5, 5.41) is 9.26. The minimum atomic E-state index is -1.97. The minimum Gasteiger partial charge on any atom is -0.329 e. The lowest BCUT2D eigenvalue weighted by atomic mass is 10.0. The highest BCUT2D eigenvalue weighted by Crippen LogP contribution is 2.28. The Balaban J connectivity index is 1.88. The number of hydrogen-bond donors (Lipinski definition) is 2. The van der Waals surface area contributed by atoms with Crippen molar-refractivity contribution in [1.82, 2.24) is 4.90 Å². The summed E-state index contributed by atoms with van der Waals surface area (Å²) in [5.74, 6) is -2.59. The van der Waals surface area contributed by atoms with E-state index in [4.69, 9.17) is 11.1 Å². The van der Waals surface area contributed by atoms with Crippen molar-refractivity contribution < 1.29 is 13.6 Å². The Bertz CT molecular complexity index is 819. The van der Waals surface area contributed by atoms with Crippen molar-refractivity contribution >= 4 is 22.4 Å². The van der Waals surface area contributed by atoms with Gasteiger partial charge in [0.15, 0.2) is 5.79 Å². The molecule has 1 aliphatic heterocycles. The lowest BCUT2D eigenvalue weighted by Crippen LogP contribution is -2.42. The van der Waals surface area contributed by atoms with Gasteiger partial charge in [0.2, 0.25) is 5.91 Å². The lowest BCUT2D eigenvalue weighted by molar-refractivity contribution is -0.130. The number of rotatable bonds is 3. The number of carbonyl (C=O) groups excluding carboxylic acids is 1. The largest absolute Gasteiger partial charge is 0.329 e. The van der Waals surface area contributed by atoms with Crippen LogP contribution in [0.2, 0.25) is 0 Å². The number of benzene rings is 2. The number of nitrogens with two attached hydrogens (primary N) is 1. The van der Waals surface area contributed by atoms with Crippen molar-refractivity contribution in [1.29, 1.82) is 5.41 Å². The van der Waals surface area contributed by atoms with Crippen molar-refractivity contribution in [3.8, 4) is 0 Å². The molecule has 2 aromatic rings. The molecule has 4 nitrogen and oxygen atoms in total. The van der Waals surface area contributed by atoms with Crippen molar-refractivity contribution in [3.05, 3.63) is 47.8 Å². The molecule has 1 fully saturated rings. The fourth-order valence-corrected chi connectivity index (χ4v) is 3.28. The normalized spacial score (nSPS) is 23.7. The first-order chi connectivity index (χ1) is 11.3. The van der Waals surface area contributed by atoms with E-state index in [0.717, 1.165) is 10.9 Å². The zero-order chi connectivity index (χ0) is 17.5. The van der Waals surface area contributed by atoms with Crippen LogP contribution in [0, 0.1) is 11.2 Å². The highest BCUT2D eigenvalue weighted by Gasteiger charge is 2.44. The third kappa shape index (κ3) is 3.14. The van der Waals surface area contributed by atoms with Gasteiger partial charge in [-0.2, -0.15) is 0 Å². The molecule has 0 bridgehead atoms. The van der Waals surface area contributed by atoms with Crippen LogP contribution >= 0.6 is 0 Å². The van der Waals surface area contributed by atoms with Gasteiger partial charge in [-0.15, -0.1) is 0 Å². The van der Waals surface area contributed by atoms with Crippen LogP contribution in [0.15, 0.2) is 36.4 Å². The van der Waals surface area contributed by atoms with Crippen molar-refractivity contribution in [2.45, 2.75) is 31.6 Å². The zero-order valence-electron chi connectivity index (χ0n) is 13.4. The van der Waals surface area contributed by atoms with E-state index in [0.29, 0.717) is 5.39 Å². The Morgan fingerprint density at radius 3 is 2.88 bits per heavy atom. The van der Waals surface area contributed by atoms with E-state index in [1.165, 1.54) is 17.0 Å². The molecular weight excluding hydrogens is 312 g/mol. The third-order valence-corrected chi connectivity index (χ3v) is 4.44. The third-order valence-electron chi connectivity index (χ3n) is 4.44. The SMILES string of the molecule is CC(=N)C1CC(N)(F)CN1C(=O)Cc1cccc2cc(F)ccc12. The molecule has 0 spiro atoms. The molecule has 1 heterocycles. The minimum absolute atomic E-state index is 0.0584. The smallest absolute Gasteiger partial charge is 0.227 e. The average Bonchev–Trinajstić information content (AvgIpc) is 2.83. The number of carbonyl (C=O) groups is 1. The predicted octanol–water partition coefficient (Wildman–Crippen LogP) is 2.79. The summed E-state index contributed by atoms with van der Waals surface area (Å²) >= 11 is 0. The molecule has 1 saturated heterocycles. The average molecular weight is 331 g/mol. The van der Waals surface area contributed by atoms with Crippen LogP contribution in [0.25, 0.3) is 10.8 Å². The van der Waals surface area contributed by atoms with Crippen LogP contribution in [0.1, 0.15) is 18.9 Å². The number of halogens is 2. The molecule has 126 valence electrons. The summed E-state index contributed by atoms with van der Waals surface area (Å²) in [4.78, 5) is 14.0. The molecule has 24 heavy (non-hydrogen) atoms. The Kier molecular flexibility index (Phi) is 4.09. The molecule has 0 aromatic heterocycles. The Morgan fingerprint density at radius 1 is 1.42 bits per heavy atom. The Labute approximate surface area is 138 Å². The molecule has 2 unspecified atom stereocenters. The van der Waals surface area contributed by atoms with E-state index in [1.807, 2.05) is 0 Å². The van der Waals surface area contributed by atoms with E-state index < -0.39 is 11.8 Å². The number of nitrogens with one attached hydrogen (secondary N) is 1. The zero-order valence-corrected chi connectivity index (χ0v) is 13.4. The fourth-order valence-electron chi connectivity index (χ4n) is 3.28. The summed E-state index contributed by atoms with van der Waals surface area (Å²) < 4.78 is 27.5. The van der Waals surface area contributed by atoms with E-state index in [2.05, 4.69) is 0 Å². The second-order valence-electron chi connectivity index (χ2n) is 6.42. The number of hydrogen-bond acceptors (Lipinski definition) is 3. The molecule has 0 saturated carbocycles. The maximum atomic E-state index is 14.1. The van der Waals surface area contributed by atoms with Crippen molar-refractivity contribution in [2.24, 2.45) is 5.73 Å². The first-order valence-corrected chi connectivity index (χ1v) is 7.76. The van der Waals surface area contributed by atoms with Crippen molar-refractivity contribution in [3.63, 3.8) is 0 Å². The highest BCUT2D eigenvalue weighted by atomic mass is 19.1. The van der Waals surface area contributed by atoms with Crippen LogP contribution in [0.3, 0.4) is 0 Å². The molecule has 2 atom stereocenters. The van der Waals surface area contributed by atoms with Gasteiger partial charge in [0.05, 0.1) is 19.0 Å². The van der Waals surface area contributed by atoms with Crippen LogP contribution in [0.5, 0.6) is 0 Å². The molecule has 3 rings (SSSR count). The maximum Gasteiger partial charge on any atom is 0.227 e. The fraction of sp³-hybridized carbons (Fsp3) is 0.333. The van der Waals surface area contributed by atoms with Gasteiger partial charge in [-0.1, -0.05) is 24.3 Å².